The molecule has 26 heavy (non-hydrogen) atoms. The molecule has 0 bridgehead atoms. The van der Waals surface area contributed by atoms with Crippen LogP contribution >= 0.6 is 12.2 Å². The molecule has 1 aliphatic heterocycles. The van der Waals surface area contributed by atoms with E-state index in [0.29, 0.717) is 16.4 Å². The van der Waals surface area contributed by atoms with Crippen LogP contribution in [-0.4, -0.2) is 17.5 Å². The van der Waals surface area contributed by atoms with Crippen molar-refractivity contribution in [2.45, 2.75) is 13.0 Å². The zero-order valence-corrected chi connectivity index (χ0v) is 15.0. The van der Waals surface area contributed by atoms with Crippen molar-refractivity contribution in [2.24, 2.45) is 0 Å². The first-order valence-corrected chi connectivity index (χ1v) is 8.48. The van der Waals surface area contributed by atoms with Gasteiger partial charge in [-0.2, -0.15) is 5.26 Å². The van der Waals surface area contributed by atoms with Crippen molar-refractivity contribution in [3.63, 3.8) is 0 Å². The van der Waals surface area contributed by atoms with E-state index in [1.807, 2.05) is 48.5 Å². The van der Waals surface area contributed by atoms with Gasteiger partial charge < -0.3 is 15.4 Å². The molecular weight excluding hydrogens is 346 g/mol. The van der Waals surface area contributed by atoms with Gasteiger partial charge in [-0.05, 0) is 42.4 Å². The van der Waals surface area contributed by atoms with Gasteiger partial charge in [-0.25, -0.2) is 0 Å². The van der Waals surface area contributed by atoms with E-state index in [0.717, 1.165) is 16.8 Å². The van der Waals surface area contributed by atoms with Gasteiger partial charge in [-0.3, -0.25) is 4.79 Å². The third-order valence-corrected chi connectivity index (χ3v) is 4.25. The smallest absolute Gasteiger partial charge is 0.174 e. The summed E-state index contributed by atoms with van der Waals surface area (Å²) in [6, 6.07) is 18.5. The molecule has 0 unspecified atom stereocenters. The molecule has 0 saturated heterocycles. The number of rotatable bonds is 5. The van der Waals surface area contributed by atoms with Gasteiger partial charge >= 0.3 is 0 Å². The first-order valence-electron chi connectivity index (χ1n) is 8.08. The molecular formula is C20H17N3O2S. The lowest BCUT2D eigenvalue weighted by Gasteiger charge is -2.31. The highest BCUT2D eigenvalue weighted by molar-refractivity contribution is 7.80. The van der Waals surface area contributed by atoms with Gasteiger partial charge in [0.1, 0.15) is 11.8 Å². The lowest BCUT2D eigenvalue weighted by atomic mass is 9.90. The lowest BCUT2D eigenvalue weighted by Crippen LogP contribution is -2.44. The molecule has 0 amide bonds. The van der Waals surface area contributed by atoms with Gasteiger partial charge in [-0.15, -0.1) is 0 Å². The van der Waals surface area contributed by atoms with Crippen LogP contribution in [0.2, 0.25) is 0 Å². The summed E-state index contributed by atoms with van der Waals surface area (Å²) in [6.07, 6.45) is 0. The summed E-state index contributed by atoms with van der Waals surface area (Å²) in [5.74, 6) is 0.560. The highest BCUT2D eigenvalue weighted by Crippen LogP contribution is 2.32. The van der Waals surface area contributed by atoms with Crippen LogP contribution in [0.4, 0.5) is 0 Å². The summed E-state index contributed by atoms with van der Waals surface area (Å²) in [5, 5.41) is 15.4. The normalized spacial score (nSPS) is 16.3. The highest BCUT2D eigenvalue weighted by atomic mass is 32.1. The minimum Gasteiger partial charge on any atom is -0.479 e. The van der Waals surface area contributed by atoms with E-state index in [1.165, 1.54) is 0 Å². The van der Waals surface area contributed by atoms with Crippen molar-refractivity contribution in [2.75, 3.05) is 6.61 Å². The van der Waals surface area contributed by atoms with Crippen LogP contribution in [-0.2, 0) is 4.79 Å². The predicted molar refractivity (Wildman–Crippen MR) is 103 cm³/mol. The predicted octanol–water partition coefficient (Wildman–Crippen LogP) is 3.11. The Bertz CT molecular complexity index is 899. The first-order chi connectivity index (χ1) is 12.6. The first kappa shape index (κ1) is 17.6. The average molecular weight is 363 g/mol. The van der Waals surface area contributed by atoms with Gasteiger partial charge in [0, 0.05) is 5.57 Å². The summed E-state index contributed by atoms with van der Waals surface area (Å²) in [7, 11) is 0. The number of ketones is 1. The SMILES string of the molecule is CC(=O)C1=C(c2ccccc2)NC(=S)N[C@@H]1c1ccc(OCC#N)cc1. The zero-order valence-electron chi connectivity index (χ0n) is 14.2. The second-order valence-electron chi connectivity index (χ2n) is 5.76. The van der Waals surface area contributed by atoms with Crippen LogP contribution in [0.5, 0.6) is 5.75 Å². The second-order valence-corrected chi connectivity index (χ2v) is 6.17. The number of nitrogens with zero attached hydrogens (tertiary/aromatic N) is 1. The third kappa shape index (κ3) is 3.73. The molecule has 2 N–H and O–H groups in total. The standard InChI is InChI=1S/C20H17N3O2S/c1-13(24)17-18(14-5-3-2-4-6-14)22-20(26)23-19(17)15-7-9-16(10-8-15)25-12-11-21/h2-10,19H,12H2,1H3,(H2,22,23,26)/t19-/m1/s1. The maximum Gasteiger partial charge on any atom is 0.174 e. The molecule has 6 heteroatoms. The lowest BCUT2D eigenvalue weighted by molar-refractivity contribution is -0.113. The van der Waals surface area contributed by atoms with Crippen LogP contribution in [0.25, 0.3) is 5.70 Å². The Morgan fingerprint density at radius 2 is 1.88 bits per heavy atom. The second kappa shape index (κ2) is 7.81. The molecule has 2 aromatic carbocycles. The molecule has 0 spiro atoms. The van der Waals surface area contributed by atoms with Crippen molar-refractivity contribution >= 4 is 28.8 Å². The summed E-state index contributed by atoms with van der Waals surface area (Å²) >= 11 is 5.35. The fourth-order valence-electron chi connectivity index (χ4n) is 2.90. The molecule has 0 radical (unpaired) electrons. The van der Waals surface area contributed by atoms with Crippen molar-refractivity contribution in [1.82, 2.24) is 10.6 Å². The summed E-state index contributed by atoms with van der Waals surface area (Å²) in [5.41, 5.74) is 3.13. The van der Waals surface area contributed by atoms with E-state index in [4.69, 9.17) is 22.2 Å². The molecule has 3 rings (SSSR count). The Morgan fingerprint density at radius 3 is 2.50 bits per heavy atom. The number of hydrogen-bond donors (Lipinski definition) is 2. The fourth-order valence-corrected chi connectivity index (χ4v) is 3.12. The van der Waals surface area contributed by atoms with E-state index in [2.05, 4.69) is 10.6 Å². The largest absolute Gasteiger partial charge is 0.479 e. The number of Topliss-reactive ketones (excluding diaryl/α,β-unsaturated/α-hetero) is 1. The number of nitrogens with one attached hydrogen (secondary N) is 2. The Kier molecular flexibility index (Phi) is 5.30. The van der Waals surface area contributed by atoms with Crippen LogP contribution in [0.3, 0.4) is 0 Å². The number of hydrogen-bond acceptors (Lipinski definition) is 4. The molecule has 2 aromatic rings. The Hall–Kier alpha value is -3.17. The van der Waals surface area contributed by atoms with Crippen LogP contribution in [0, 0.1) is 11.3 Å². The number of carbonyl (C=O) groups is 1. The molecule has 5 nitrogen and oxygen atoms in total. The molecule has 1 aliphatic rings. The van der Waals surface area contributed by atoms with Gasteiger partial charge in [-0.1, -0.05) is 42.5 Å². The highest BCUT2D eigenvalue weighted by Gasteiger charge is 2.30. The Balaban J connectivity index is 2.03. The van der Waals surface area contributed by atoms with E-state index in [-0.39, 0.29) is 18.4 Å². The quantitative estimate of drug-likeness (QED) is 0.795. The summed E-state index contributed by atoms with van der Waals surface area (Å²) < 4.78 is 5.28. The van der Waals surface area contributed by atoms with E-state index >= 15 is 0 Å². The number of nitriles is 1. The van der Waals surface area contributed by atoms with E-state index in [9.17, 15) is 4.79 Å². The van der Waals surface area contributed by atoms with Crippen LogP contribution < -0.4 is 15.4 Å². The fraction of sp³-hybridized carbons (Fsp3) is 0.150. The Labute approximate surface area is 157 Å². The van der Waals surface area contributed by atoms with Gasteiger partial charge in [0.2, 0.25) is 0 Å². The van der Waals surface area contributed by atoms with Gasteiger partial charge in [0.15, 0.2) is 17.5 Å². The van der Waals surface area contributed by atoms with Gasteiger partial charge in [0.25, 0.3) is 0 Å². The monoisotopic (exact) mass is 363 g/mol. The molecule has 0 aromatic heterocycles. The maximum absolute atomic E-state index is 12.4. The topological polar surface area (TPSA) is 74.2 Å². The summed E-state index contributed by atoms with van der Waals surface area (Å²) in [4.78, 5) is 12.4. The number of carbonyl (C=O) groups excluding carboxylic acids is 1. The van der Waals surface area contributed by atoms with Crippen molar-refractivity contribution in [3.05, 3.63) is 71.3 Å². The molecule has 0 aliphatic carbocycles. The van der Waals surface area contributed by atoms with Crippen molar-refractivity contribution in [3.8, 4) is 11.8 Å². The Morgan fingerprint density at radius 1 is 1.19 bits per heavy atom. The number of benzene rings is 2. The van der Waals surface area contributed by atoms with Crippen LogP contribution in [0.15, 0.2) is 60.2 Å². The maximum atomic E-state index is 12.4. The molecule has 1 heterocycles. The number of ether oxygens (including phenoxy) is 1. The molecule has 0 saturated carbocycles. The zero-order chi connectivity index (χ0) is 18.5. The minimum absolute atomic E-state index is 0.00815. The van der Waals surface area contributed by atoms with Crippen LogP contribution in [0.1, 0.15) is 24.1 Å². The molecule has 130 valence electrons. The number of thiocarbonyl (C=S) groups is 1. The third-order valence-electron chi connectivity index (χ3n) is 4.03. The van der Waals surface area contributed by atoms with Gasteiger partial charge in [0.05, 0.1) is 11.7 Å². The molecule has 1 atom stereocenters. The van der Waals surface area contributed by atoms with E-state index < -0.39 is 0 Å². The minimum atomic E-state index is -0.360. The van der Waals surface area contributed by atoms with E-state index in [1.54, 1.807) is 19.1 Å². The van der Waals surface area contributed by atoms with Crippen molar-refractivity contribution in [1.29, 1.82) is 5.26 Å². The average Bonchev–Trinajstić information content (AvgIpc) is 2.66. The van der Waals surface area contributed by atoms with Crippen molar-refractivity contribution < 1.29 is 9.53 Å². The molecule has 0 fully saturated rings. The summed E-state index contributed by atoms with van der Waals surface area (Å²) in [6.45, 7) is 1.54.